The lowest BCUT2D eigenvalue weighted by atomic mass is 9.95. The molecule has 2 aromatic carbocycles. The van der Waals surface area contributed by atoms with Crippen molar-refractivity contribution in [1.29, 1.82) is 0 Å². The molecule has 3 aliphatic heterocycles. The second kappa shape index (κ2) is 12.1. The fraction of sp³-hybridized carbons (Fsp3) is 0.382. The third-order valence-corrected chi connectivity index (χ3v) is 9.03. The third-order valence-electron chi connectivity index (χ3n) is 9.03. The average molecular weight is 632 g/mol. The number of halogens is 3. The van der Waals surface area contributed by atoms with E-state index in [1.807, 2.05) is 6.07 Å². The second-order valence-corrected chi connectivity index (χ2v) is 11.9. The number of piperidine rings is 2. The van der Waals surface area contributed by atoms with Crippen LogP contribution in [0.15, 0.2) is 42.5 Å². The minimum Gasteiger partial charge on any atom is -0.342 e. The number of rotatable bonds is 4. The normalized spacial score (nSPS) is 18.7. The van der Waals surface area contributed by atoms with Crippen LogP contribution in [0.4, 0.5) is 13.2 Å². The predicted octanol–water partition coefficient (Wildman–Crippen LogP) is 4.10. The van der Waals surface area contributed by atoms with Gasteiger partial charge < -0.3 is 9.80 Å². The molecule has 4 heterocycles. The minimum atomic E-state index is -4.47. The fourth-order valence-corrected chi connectivity index (χ4v) is 6.42. The molecule has 0 spiro atoms. The zero-order chi connectivity index (χ0) is 32.7. The lowest BCUT2D eigenvalue weighted by molar-refractivity contribution is -0.138. The standard InChI is InChI=1S/C34H32F3N5O4/c1-20-27(21(2)42(39-20)25-7-4-6-24(17-25)34(35,36)37)18-31(44)40-15-13-22(14-16-40)9-10-23-5-3-8-26-28(23)19-41(33(26)46)29-11-12-30(43)38-32(29)45/h3-8,17,22,29H,11-16,18-19H2,1-2H3,(H,38,43,45). The zero-order valence-corrected chi connectivity index (χ0v) is 25.4. The Morgan fingerprint density at radius 1 is 1.04 bits per heavy atom. The predicted molar refractivity (Wildman–Crippen MR) is 160 cm³/mol. The van der Waals surface area contributed by atoms with E-state index in [1.165, 1.54) is 15.6 Å². The van der Waals surface area contributed by atoms with Crippen molar-refractivity contribution < 1.29 is 32.3 Å². The van der Waals surface area contributed by atoms with Crippen molar-refractivity contribution >= 4 is 23.6 Å². The van der Waals surface area contributed by atoms with Gasteiger partial charge in [0.25, 0.3) is 5.91 Å². The van der Waals surface area contributed by atoms with E-state index in [9.17, 15) is 32.3 Å². The van der Waals surface area contributed by atoms with Gasteiger partial charge in [-0.05, 0) is 69.0 Å². The van der Waals surface area contributed by atoms with E-state index >= 15 is 0 Å². The molecule has 2 fully saturated rings. The number of imide groups is 1. The first kappa shape index (κ1) is 31.1. The molecule has 2 saturated heterocycles. The molecule has 3 aromatic rings. The fourth-order valence-electron chi connectivity index (χ4n) is 6.42. The third kappa shape index (κ3) is 6.01. The Morgan fingerprint density at radius 3 is 2.50 bits per heavy atom. The van der Waals surface area contributed by atoms with Gasteiger partial charge in [0.2, 0.25) is 17.7 Å². The molecule has 0 aliphatic carbocycles. The molecule has 4 amide bonds. The van der Waals surface area contributed by atoms with Gasteiger partial charge in [0.1, 0.15) is 6.04 Å². The number of benzene rings is 2. The molecule has 9 nitrogen and oxygen atoms in total. The Morgan fingerprint density at radius 2 is 1.78 bits per heavy atom. The van der Waals surface area contributed by atoms with E-state index in [2.05, 4.69) is 22.3 Å². The van der Waals surface area contributed by atoms with Crippen LogP contribution >= 0.6 is 0 Å². The number of nitrogens with one attached hydrogen (secondary N) is 1. The summed E-state index contributed by atoms with van der Waals surface area (Å²) in [7, 11) is 0. The van der Waals surface area contributed by atoms with Crippen molar-refractivity contribution in [2.45, 2.75) is 64.7 Å². The smallest absolute Gasteiger partial charge is 0.342 e. The highest BCUT2D eigenvalue weighted by Crippen LogP contribution is 2.32. The van der Waals surface area contributed by atoms with Crippen LogP contribution in [0.5, 0.6) is 0 Å². The summed E-state index contributed by atoms with van der Waals surface area (Å²) in [5.74, 6) is 5.50. The van der Waals surface area contributed by atoms with Gasteiger partial charge in [-0.3, -0.25) is 24.5 Å². The Kier molecular flexibility index (Phi) is 8.19. The number of fused-ring (bicyclic) bond motifs is 1. The first-order valence-electron chi connectivity index (χ1n) is 15.2. The van der Waals surface area contributed by atoms with Gasteiger partial charge in [0.15, 0.2) is 0 Å². The van der Waals surface area contributed by atoms with Gasteiger partial charge in [0, 0.05) is 54.4 Å². The van der Waals surface area contributed by atoms with E-state index in [0.717, 1.165) is 23.3 Å². The molecule has 1 atom stereocenters. The number of aromatic nitrogens is 2. The Balaban J connectivity index is 1.08. The Hall–Kier alpha value is -4.92. The van der Waals surface area contributed by atoms with Crippen LogP contribution in [0, 0.1) is 31.6 Å². The van der Waals surface area contributed by atoms with Crippen LogP contribution < -0.4 is 5.32 Å². The summed E-state index contributed by atoms with van der Waals surface area (Å²) < 4.78 is 41.2. The summed E-state index contributed by atoms with van der Waals surface area (Å²) in [5.41, 5.74) is 3.44. The topological polar surface area (TPSA) is 105 Å². The number of amides is 4. The maximum atomic E-state index is 13.3. The van der Waals surface area contributed by atoms with Gasteiger partial charge in [-0.25, -0.2) is 4.68 Å². The first-order chi connectivity index (χ1) is 21.9. The highest BCUT2D eigenvalue weighted by atomic mass is 19.4. The van der Waals surface area contributed by atoms with Crippen LogP contribution in [0.2, 0.25) is 0 Å². The number of hydrogen-bond donors (Lipinski definition) is 1. The lowest BCUT2D eigenvalue weighted by Crippen LogP contribution is -2.52. The van der Waals surface area contributed by atoms with Crippen molar-refractivity contribution in [3.63, 3.8) is 0 Å². The van der Waals surface area contributed by atoms with Crippen LogP contribution in [-0.4, -0.2) is 62.3 Å². The molecule has 6 rings (SSSR count). The Bertz CT molecular complexity index is 1810. The van der Waals surface area contributed by atoms with Gasteiger partial charge >= 0.3 is 6.18 Å². The Labute approximate surface area is 263 Å². The van der Waals surface area contributed by atoms with Crippen molar-refractivity contribution in [3.8, 4) is 17.5 Å². The number of nitrogens with zero attached hydrogens (tertiary/aromatic N) is 4. The van der Waals surface area contributed by atoms with E-state index in [-0.39, 0.29) is 48.7 Å². The van der Waals surface area contributed by atoms with Gasteiger partial charge in [-0.2, -0.15) is 18.3 Å². The molecule has 0 radical (unpaired) electrons. The number of carbonyl (C=O) groups is 4. The second-order valence-electron chi connectivity index (χ2n) is 11.9. The summed E-state index contributed by atoms with van der Waals surface area (Å²) >= 11 is 0. The summed E-state index contributed by atoms with van der Waals surface area (Å²) in [6.07, 6.45) is -2.54. The first-order valence-corrected chi connectivity index (χ1v) is 15.2. The molecule has 1 N–H and O–H groups in total. The lowest BCUT2D eigenvalue weighted by Gasteiger charge is -2.30. The molecular weight excluding hydrogens is 599 g/mol. The number of likely N-dealkylation sites (tertiary alicyclic amines) is 1. The van der Waals surface area contributed by atoms with E-state index in [4.69, 9.17) is 0 Å². The van der Waals surface area contributed by atoms with Crippen molar-refractivity contribution in [3.05, 3.63) is 81.7 Å². The molecule has 0 bridgehead atoms. The highest BCUT2D eigenvalue weighted by Gasteiger charge is 2.39. The van der Waals surface area contributed by atoms with Gasteiger partial charge in [-0.1, -0.05) is 24.0 Å². The largest absolute Gasteiger partial charge is 0.416 e. The number of alkyl halides is 3. The van der Waals surface area contributed by atoms with Crippen LogP contribution in [0.1, 0.15) is 69.7 Å². The molecular formula is C34H32F3N5O4. The average Bonchev–Trinajstić information content (AvgIpc) is 3.51. The summed E-state index contributed by atoms with van der Waals surface area (Å²) in [6.45, 7) is 4.79. The van der Waals surface area contributed by atoms with Gasteiger partial charge in [-0.15, -0.1) is 0 Å². The van der Waals surface area contributed by atoms with Gasteiger partial charge in [0.05, 0.1) is 23.4 Å². The van der Waals surface area contributed by atoms with E-state index in [1.54, 1.807) is 36.9 Å². The molecule has 12 heteroatoms. The number of aryl methyl sites for hydroxylation is 1. The highest BCUT2D eigenvalue weighted by molar-refractivity contribution is 6.05. The van der Waals surface area contributed by atoms with Crippen molar-refractivity contribution in [2.75, 3.05) is 13.1 Å². The monoisotopic (exact) mass is 631 g/mol. The van der Waals surface area contributed by atoms with Crippen LogP contribution in [-0.2, 0) is 33.5 Å². The maximum absolute atomic E-state index is 13.3. The molecule has 238 valence electrons. The SMILES string of the molecule is Cc1nn(-c2cccc(C(F)(F)F)c2)c(C)c1CC(=O)N1CCC(C#Cc2cccc3c2CN(C2CCC(=O)NC2=O)C3=O)CC1. The maximum Gasteiger partial charge on any atom is 0.416 e. The van der Waals surface area contributed by atoms with E-state index < -0.39 is 23.7 Å². The minimum absolute atomic E-state index is 0.0513. The van der Waals surface area contributed by atoms with Crippen molar-refractivity contribution in [1.82, 2.24) is 24.9 Å². The van der Waals surface area contributed by atoms with E-state index in [0.29, 0.717) is 54.9 Å². The molecule has 46 heavy (non-hydrogen) atoms. The van der Waals surface area contributed by atoms with Crippen LogP contribution in [0.25, 0.3) is 5.69 Å². The quantitative estimate of drug-likeness (QED) is 0.345. The van der Waals surface area contributed by atoms with Crippen molar-refractivity contribution in [2.24, 2.45) is 5.92 Å². The number of carbonyl (C=O) groups excluding carboxylic acids is 4. The summed E-state index contributed by atoms with van der Waals surface area (Å²) in [4.78, 5) is 53.6. The molecule has 3 aliphatic rings. The molecule has 0 saturated carbocycles. The zero-order valence-electron chi connectivity index (χ0n) is 25.4. The summed E-state index contributed by atoms with van der Waals surface area (Å²) in [6, 6.07) is 9.63. The molecule has 1 unspecified atom stereocenters. The van der Waals surface area contributed by atoms with Crippen LogP contribution in [0.3, 0.4) is 0 Å². The molecule has 1 aromatic heterocycles. The number of hydrogen-bond acceptors (Lipinski definition) is 5. The summed E-state index contributed by atoms with van der Waals surface area (Å²) in [5, 5.41) is 6.75.